The highest BCUT2D eigenvalue weighted by Gasteiger charge is 2.35. The topological polar surface area (TPSA) is 53.5 Å². The van der Waals surface area contributed by atoms with Gasteiger partial charge in [-0.15, -0.1) is 0 Å². The molecule has 176 valence electrons. The molecule has 1 fully saturated rings. The first-order chi connectivity index (χ1) is 17.1. The lowest BCUT2D eigenvalue weighted by atomic mass is 10.0. The van der Waals surface area contributed by atoms with E-state index in [0.29, 0.717) is 26.1 Å². The van der Waals surface area contributed by atoms with Gasteiger partial charge in [0.15, 0.2) is 0 Å². The largest absolute Gasteiger partial charge is 0.332 e. The summed E-state index contributed by atoms with van der Waals surface area (Å²) in [5.41, 5.74) is 5.27. The molecule has 0 aliphatic carbocycles. The summed E-state index contributed by atoms with van der Waals surface area (Å²) in [6, 6.07) is 28.3. The van der Waals surface area contributed by atoms with Crippen molar-refractivity contribution < 1.29 is 9.59 Å². The standard InChI is InChI=1S/C30H29N3O2/c1-22(34)33-17-7-12-29(33)30(35)32(21-24-18-27-10-5-6-11-28(27)31-19-24)20-23-13-15-26(16-14-23)25-8-3-2-4-9-25/h2-6,8-11,13-16,18-19,29H,7,12,17,20-21H2,1H3. The Morgan fingerprint density at radius 1 is 0.886 bits per heavy atom. The van der Waals surface area contributed by atoms with Gasteiger partial charge < -0.3 is 9.80 Å². The highest BCUT2D eigenvalue weighted by atomic mass is 16.2. The lowest BCUT2D eigenvalue weighted by Gasteiger charge is -2.30. The van der Waals surface area contributed by atoms with Gasteiger partial charge in [-0.05, 0) is 47.2 Å². The molecule has 35 heavy (non-hydrogen) atoms. The SMILES string of the molecule is CC(=O)N1CCCC1C(=O)N(Cc1ccc(-c2ccccc2)cc1)Cc1cnc2ccccc2c1. The minimum atomic E-state index is -0.399. The summed E-state index contributed by atoms with van der Waals surface area (Å²) in [7, 11) is 0. The number of carbonyl (C=O) groups is 2. The van der Waals surface area contributed by atoms with Crippen LogP contribution in [0.3, 0.4) is 0 Å². The first-order valence-electron chi connectivity index (χ1n) is 12.1. The number of pyridine rings is 1. The van der Waals surface area contributed by atoms with Gasteiger partial charge in [-0.25, -0.2) is 0 Å². The molecule has 5 rings (SSSR count). The molecule has 5 heteroatoms. The number of nitrogens with zero attached hydrogens (tertiary/aromatic N) is 3. The van der Waals surface area contributed by atoms with Gasteiger partial charge in [0, 0.05) is 38.1 Å². The Bertz CT molecular complexity index is 1330. The normalized spacial score (nSPS) is 15.3. The molecule has 1 unspecified atom stereocenters. The molecular weight excluding hydrogens is 434 g/mol. The number of fused-ring (bicyclic) bond motifs is 1. The van der Waals surface area contributed by atoms with Crippen LogP contribution in [-0.4, -0.2) is 39.2 Å². The van der Waals surface area contributed by atoms with Gasteiger partial charge in [-0.1, -0.05) is 72.8 Å². The van der Waals surface area contributed by atoms with Crippen molar-refractivity contribution in [3.05, 3.63) is 102 Å². The molecule has 3 aromatic carbocycles. The van der Waals surface area contributed by atoms with Crippen molar-refractivity contribution in [1.29, 1.82) is 0 Å². The van der Waals surface area contributed by atoms with Gasteiger partial charge in [0.05, 0.1) is 5.52 Å². The van der Waals surface area contributed by atoms with Gasteiger partial charge in [0.1, 0.15) is 6.04 Å². The fourth-order valence-electron chi connectivity index (χ4n) is 4.90. The average molecular weight is 464 g/mol. The third kappa shape index (κ3) is 5.09. The lowest BCUT2D eigenvalue weighted by molar-refractivity contribution is -0.143. The van der Waals surface area contributed by atoms with Crippen LogP contribution in [0.25, 0.3) is 22.0 Å². The Kier molecular flexibility index (Phi) is 6.57. The van der Waals surface area contributed by atoms with E-state index in [2.05, 4.69) is 47.4 Å². The average Bonchev–Trinajstić information content (AvgIpc) is 3.39. The zero-order chi connectivity index (χ0) is 24.2. The molecule has 0 saturated carbocycles. The van der Waals surface area contributed by atoms with Crippen LogP contribution in [-0.2, 0) is 22.7 Å². The second-order valence-corrected chi connectivity index (χ2v) is 9.16. The molecule has 2 amide bonds. The zero-order valence-electron chi connectivity index (χ0n) is 19.9. The number of benzene rings is 3. The maximum Gasteiger partial charge on any atom is 0.245 e. The van der Waals surface area contributed by atoms with E-state index in [1.54, 1.807) is 11.8 Å². The molecule has 1 aliphatic rings. The first-order valence-corrected chi connectivity index (χ1v) is 12.1. The molecular formula is C30H29N3O2. The number of hydrogen-bond donors (Lipinski definition) is 0. The van der Waals surface area contributed by atoms with E-state index in [-0.39, 0.29) is 11.8 Å². The number of rotatable bonds is 6. The maximum absolute atomic E-state index is 13.7. The third-order valence-electron chi connectivity index (χ3n) is 6.71. The predicted octanol–water partition coefficient (Wildman–Crippen LogP) is 5.44. The number of carbonyl (C=O) groups excluding carboxylic acids is 2. The van der Waals surface area contributed by atoms with E-state index in [9.17, 15) is 9.59 Å². The monoisotopic (exact) mass is 463 g/mol. The van der Waals surface area contributed by atoms with Crippen molar-refractivity contribution in [2.75, 3.05) is 6.54 Å². The van der Waals surface area contributed by atoms with Crippen LogP contribution in [0, 0.1) is 0 Å². The van der Waals surface area contributed by atoms with E-state index in [1.165, 1.54) is 0 Å². The summed E-state index contributed by atoms with van der Waals surface area (Å²) >= 11 is 0. The van der Waals surface area contributed by atoms with Gasteiger partial charge in [0.2, 0.25) is 11.8 Å². The number of likely N-dealkylation sites (tertiary alicyclic amines) is 1. The Hall–Kier alpha value is -3.99. The van der Waals surface area contributed by atoms with Gasteiger partial charge in [0.25, 0.3) is 0 Å². The number of amides is 2. The number of aromatic nitrogens is 1. The van der Waals surface area contributed by atoms with Crippen molar-refractivity contribution in [2.45, 2.75) is 38.9 Å². The van der Waals surface area contributed by atoms with Crippen LogP contribution in [0.1, 0.15) is 30.9 Å². The Balaban J connectivity index is 1.42. The fourth-order valence-corrected chi connectivity index (χ4v) is 4.90. The molecule has 0 N–H and O–H groups in total. The van der Waals surface area contributed by atoms with E-state index in [1.807, 2.05) is 53.6 Å². The Labute approximate surface area is 206 Å². The molecule has 1 saturated heterocycles. The van der Waals surface area contributed by atoms with Crippen LogP contribution in [0.5, 0.6) is 0 Å². The van der Waals surface area contributed by atoms with E-state index < -0.39 is 6.04 Å². The summed E-state index contributed by atoms with van der Waals surface area (Å²) in [4.78, 5) is 34.1. The molecule has 0 bridgehead atoms. The molecule has 1 atom stereocenters. The van der Waals surface area contributed by atoms with Crippen molar-refractivity contribution in [1.82, 2.24) is 14.8 Å². The van der Waals surface area contributed by atoms with Crippen LogP contribution >= 0.6 is 0 Å². The van der Waals surface area contributed by atoms with Crippen molar-refractivity contribution in [2.24, 2.45) is 0 Å². The van der Waals surface area contributed by atoms with Gasteiger partial charge in [-0.3, -0.25) is 14.6 Å². The first kappa shape index (κ1) is 22.8. The summed E-state index contributed by atoms with van der Waals surface area (Å²) in [6.07, 6.45) is 3.41. The number of hydrogen-bond acceptors (Lipinski definition) is 3. The number of para-hydroxylation sites is 1. The zero-order valence-corrected chi connectivity index (χ0v) is 19.9. The smallest absolute Gasteiger partial charge is 0.245 e. The summed E-state index contributed by atoms with van der Waals surface area (Å²) in [5.74, 6) is -0.0432. The van der Waals surface area contributed by atoms with E-state index >= 15 is 0 Å². The van der Waals surface area contributed by atoms with E-state index in [0.717, 1.165) is 39.6 Å². The molecule has 4 aromatic rings. The molecule has 0 radical (unpaired) electrons. The Morgan fingerprint density at radius 2 is 1.57 bits per heavy atom. The van der Waals surface area contributed by atoms with Gasteiger partial charge in [-0.2, -0.15) is 0 Å². The highest BCUT2D eigenvalue weighted by Crippen LogP contribution is 2.24. The van der Waals surface area contributed by atoms with Crippen LogP contribution in [0.4, 0.5) is 0 Å². The molecule has 2 heterocycles. The fraction of sp³-hybridized carbons (Fsp3) is 0.233. The van der Waals surface area contributed by atoms with E-state index in [4.69, 9.17) is 0 Å². The predicted molar refractivity (Wildman–Crippen MR) is 138 cm³/mol. The molecule has 5 nitrogen and oxygen atoms in total. The lowest BCUT2D eigenvalue weighted by Crippen LogP contribution is -2.46. The second-order valence-electron chi connectivity index (χ2n) is 9.16. The quantitative estimate of drug-likeness (QED) is 0.383. The molecule has 1 aliphatic heterocycles. The third-order valence-corrected chi connectivity index (χ3v) is 6.71. The van der Waals surface area contributed by atoms with Crippen molar-refractivity contribution in [3.63, 3.8) is 0 Å². The highest BCUT2D eigenvalue weighted by molar-refractivity contribution is 5.87. The van der Waals surface area contributed by atoms with Crippen LogP contribution in [0.15, 0.2) is 91.1 Å². The van der Waals surface area contributed by atoms with Gasteiger partial charge >= 0.3 is 0 Å². The molecule has 1 aromatic heterocycles. The van der Waals surface area contributed by atoms with Crippen molar-refractivity contribution in [3.8, 4) is 11.1 Å². The second kappa shape index (κ2) is 10.1. The minimum Gasteiger partial charge on any atom is -0.332 e. The summed E-state index contributed by atoms with van der Waals surface area (Å²) < 4.78 is 0. The summed E-state index contributed by atoms with van der Waals surface area (Å²) in [5, 5.41) is 1.05. The van der Waals surface area contributed by atoms with Crippen LogP contribution < -0.4 is 0 Å². The van der Waals surface area contributed by atoms with Crippen molar-refractivity contribution >= 4 is 22.7 Å². The Morgan fingerprint density at radius 3 is 2.34 bits per heavy atom. The maximum atomic E-state index is 13.7. The van der Waals surface area contributed by atoms with Crippen LogP contribution in [0.2, 0.25) is 0 Å². The summed E-state index contributed by atoms with van der Waals surface area (Å²) in [6.45, 7) is 3.11. The molecule has 0 spiro atoms. The minimum absolute atomic E-state index is 0.00186.